The summed E-state index contributed by atoms with van der Waals surface area (Å²) in [5.41, 5.74) is 6.29. The van der Waals surface area contributed by atoms with E-state index in [2.05, 4.69) is 66.2 Å². The second kappa shape index (κ2) is 4.22. The molecule has 0 fully saturated rings. The van der Waals surface area contributed by atoms with Gasteiger partial charge in [0.2, 0.25) is 0 Å². The first-order chi connectivity index (χ1) is 9.72. The molecule has 20 heavy (non-hydrogen) atoms. The monoisotopic (exact) mass is 277 g/mol. The van der Waals surface area contributed by atoms with Crippen molar-refractivity contribution in [1.82, 2.24) is 0 Å². The Morgan fingerprint density at radius 1 is 1.10 bits per heavy atom. The van der Waals surface area contributed by atoms with Gasteiger partial charge < -0.3 is 4.90 Å². The number of rotatable bonds is 1. The first-order valence-electron chi connectivity index (χ1n) is 6.76. The van der Waals surface area contributed by atoms with Crippen LogP contribution in [0.3, 0.4) is 0 Å². The Hall–Kier alpha value is -2.06. The summed E-state index contributed by atoms with van der Waals surface area (Å²) in [5.74, 6) is 0. The van der Waals surface area contributed by atoms with Crippen LogP contribution >= 0.6 is 11.3 Å². The van der Waals surface area contributed by atoms with Gasteiger partial charge in [0.05, 0.1) is 0 Å². The first kappa shape index (κ1) is 11.7. The maximum Gasteiger partial charge on any atom is 0.0488 e. The van der Waals surface area contributed by atoms with Crippen LogP contribution in [0.5, 0.6) is 0 Å². The third-order valence-corrected chi connectivity index (χ3v) is 4.86. The molecule has 2 heteroatoms. The minimum absolute atomic E-state index is 0.922. The van der Waals surface area contributed by atoms with E-state index in [4.69, 9.17) is 0 Å². The molecule has 0 saturated heterocycles. The maximum absolute atomic E-state index is 4.29. The van der Waals surface area contributed by atoms with Crippen molar-refractivity contribution in [3.8, 4) is 0 Å². The van der Waals surface area contributed by atoms with E-state index < -0.39 is 0 Å². The molecule has 1 aromatic heterocycles. The molecule has 4 rings (SSSR count). The van der Waals surface area contributed by atoms with Gasteiger partial charge in [-0.1, -0.05) is 30.3 Å². The third kappa shape index (κ3) is 1.69. The Morgan fingerprint density at radius 3 is 2.90 bits per heavy atom. The number of anilines is 1. The van der Waals surface area contributed by atoms with E-state index in [0.717, 1.165) is 12.2 Å². The Bertz CT molecular complexity index is 828. The lowest BCUT2D eigenvalue weighted by Crippen LogP contribution is -2.12. The minimum atomic E-state index is 0.922. The van der Waals surface area contributed by atoms with Gasteiger partial charge in [-0.15, -0.1) is 11.3 Å². The van der Waals surface area contributed by atoms with Crippen LogP contribution in [0.15, 0.2) is 54.4 Å². The second-order valence-corrected chi connectivity index (χ2v) is 6.28. The Kier molecular flexibility index (Phi) is 2.48. The average Bonchev–Trinajstić information content (AvgIpc) is 3.03. The molecule has 2 heterocycles. The average molecular weight is 277 g/mol. The van der Waals surface area contributed by atoms with Crippen LogP contribution in [0.2, 0.25) is 0 Å². The molecule has 0 amide bonds. The fraction of sp³-hybridized carbons (Fsp3) is 0.111. The van der Waals surface area contributed by atoms with Gasteiger partial charge in [0, 0.05) is 28.2 Å². The molecule has 0 N–H and O–H groups in total. The molecular weight excluding hydrogens is 262 g/mol. The van der Waals surface area contributed by atoms with E-state index in [0.29, 0.717) is 0 Å². The van der Waals surface area contributed by atoms with Gasteiger partial charge in [0.25, 0.3) is 0 Å². The summed E-state index contributed by atoms with van der Waals surface area (Å²) in [6.45, 7) is 7.35. The molecule has 0 aliphatic carbocycles. The number of thiophene rings is 1. The molecule has 0 atom stereocenters. The Morgan fingerprint density at radius 2 is 2.00 bits per heavy atom. The molecule has 0 bridgehead atoms. The lowest BCUT2D eigenvalue weighted by Gasteiger charge is -2.19. The Labute approximate surface area is 122 Å². The zero-order chi connectivity index (χ0) is 13.7. The zero-order valence-electron chi connectivity index (χ0n) is 11.4. The van der Waals surface area contributed by atoms with Crippen LogP contribution < -0.4 is 4.90 Å². The first-order valence-corrected chi connectivity index (χ1v) is 7.64. The van der Waals surface area contributed by atoms with Crippen LogP contribution in [0.1, 0.15) is 16.7 Å². The number of fused-ring (bicyclic) bond motifs is 2. The van der Waals surface area contributed by atoms with Crippen LogP contribution in [0.25, 0.3) is 15.8 Å². The smallest absolute Gasteiger partial charge is 0.0488 e. The summed E-state index contributed by atoms with van der Waals surface area (Å²) in [7, 11) is 0. The lowest BCUT2D eigenvalue weighted by atomic mass is 10.1. The molecule has 0 saturated carbocycles. The molecular formula is C18H15NS. The van der Waals surface area contributed by atoms with Crippen molar-refractivity contribution < 1.29 is 0 Å². The van der Waals surface area contributed by atoms with Gasteiger partial charge >= 0.3 is 0 Å². The number of hydrogen-bond donors (Lipinski definition) is 0. The molecule has 0 radical (unpaired) electrons. The van der Waals surface area contributed by atoms with Crippen molar-refractivity contribution in [1.29, 1.82) is 0 Å². The van der Waals surface area contributed by atoms with Crippen LogP contribution in [-0.4, -0.2) is 0 Å². The largest absolute Gasteiger partial charge is 0.337 e. The highest BCUT2D eigenvalue weighted by atomic mass is 32.1. The van der Waals surface area contributed by atoms with Crippen molar-refractivity contribution in [3.63, 3.8) is 0 Å². The maximum atomic E-state index is 4.29. The van der Waals surface area contributed by atoms with E-state index in [1.165, 1.54) is 32.5 Å². The van der Waals surface area contributed by atoms with Crippen molar-refractivity contribution in [2.24, 2.45) is 0 Å². The fourth-order valence-electron chi connectivity index (χ4n) is 2.87. The van der Waals surface area contributed by atoms with Gasteiger partial charge in [-0.2, -0.15) is 0 Å². The quantitative estimate of drug-likeness (QED) is 0.591. The summed E-state index contributed by atoms with van der Waals surface area (Å²) in [5, 5.41) is 3.46. The highest BCUT2D eigenvalue weighted by Crippen LogP contribution is 2.37. The number of aryl methyl sites for hydroxylation is 1. The molecule has 1 aliphatic heterocycles. The summed E-state index contributed by atoms with van der Waals surface area (Å²) < 4.78 is 1.34. The van der Waals surface area contributed by atoms with Crippen LogP contribution in [0, 0.1) is 6.92 Å². The standard InChI is InChI=1S/C18H15NS/c1-12-3-4-15-11-19(13(2)17(15)9-12)16-6-5-14-7-8-20-18(14)10-16/h3-10H,2,11H2,1H3. The van der Waals surface area contributed by atoms with E-state index in [-0.39, 0.29) is 0 Å². The SMILES string of the molecule is C=C1c2cc(C)ccc2CN1c1ccc2ccsc2c1. The predicted molar refractivity (Wildman–Crippen MR) is 88.2 cm³/mol. The van der Waals surface area contributed by atoms with Gasteiger partial charge in [-0.05, 0) is 47.5 Å². The highest BCUT2D eigenvalue weighted by Gasteiger charge is 2.23. The van der Waals surface area contributed by atoms with Crippen molar-refractivity contribution in [3.05, 3.63) is 71.1 Å². The second-order valence-electron chi connectivity index (χ2n) is 5.34. The fourth-order valence-corrected chi connectivity index (χ4v) is 3.69. The van der Waals surface area contributed by atoms with E-state index >= 15 is 0 Å². The minimum Gasteiger partial charge on any atom is -0.337 e. The van der Waals surface area contributed by atoms with Crippen LogP contribution in [0.4, 0.5) is 5.69 Å². The number of benzene rings is 2. The highest BCUT2D eigenvalue weighted by molar-refractivity contribution is 7.17. The predicted octanol–water partition coefficient (Wildman–Crippen LogP) is 5.20. The van der Waals surface area contributed by atoms with Gasteiger partial charge in [-0.25, -0.2) is 0 Å². The molecule has 1 aliphatic rings. The number of hydrogen-bond acceptors (Lipinski definition) is 2. The molecule has 3 aromatic rings. The topological polar surface area (TPSA) is 3.24 Å². The number of nitrogens with zero attached hydrogens (tertiary/aromatic N) is 1. The molecule has 2 aromatic carbocycles. The molecule has 0 spiro atoms. The van der Waals surface area contributed by atoms with Gasteiger partial charge in [-0.3, -0.25) is 0 Å². The van der Waals surface area contributed by atoms with Crippen molar-refractivity contribution >= 4 is 32.8 Å². The summed E-state index contributed by atoms with van der Waals surface area (Å²) in [4.78, 5) is 2.31. The normalized spacial score (nSPS) is 14.1. The Balaban J connectivity index is 1.79. The molecule has 1 nitrogen and oxygen atoms in total. The lowest BCUT2D eigenvalue weighted by molar-refractivity contribution is 1.04. The van der Waals surface area contributed by atoms with E-state index in [1.807, 2.05) is 0 Å². The summed E-state index contributed by atoms with van der Waals surface area (Å²) >= 11 is 1.79. The van der Waals surface area contributed by atoms with E-state index in [9.17, 15) is 0 Å². The van der Waals surface area contributed by atoms with Crippen LogP contribution in [-0.2, 0) is 6.54 Å². The summed E-state index contributed by atoms with van der Waals surface area (Å²) in [6.07, 6.45) is 0. The molecule has 0 unspecified atom stereocenters. The van der Waals surface area contributed by atoms with Crippen molar-refractivity contribution in [2.75, 3.05) is 4.90 Å². The van der Waals surface area contributed by atoms with E-state index in [1.54, 1.807) is 11.3 Å². The van der Waals surface area contributed by atoms with Gasteiger partial charge in [0.15, 0.2) is 0 Å². The summed E-state index contributed by atoms with van der Waals surface area (Å²) in [6, 6.07) is 15.5. The molecule has 98 valence electrons. The van der Waals surface area contributed by atoms with Crippen molar-refractivity contribution in [2.45, 2.75) is 13.5 Å². The third-order valence-electron chi connectivity index (χ3n) is 3.98. The van der Waals surface area contributed by atoms with Gasteiger partial charge in [0.1, 0.15) is 0 Å². The zero-order valence-corrected chi connectivity index (χ0v) is 12.2.